The van der Waals surface area contributed by atoms with E-state index in [-0.39, 0.29) is 10.9 Å². The van der Waals surface area contributed by atoms with Crippen molar-refractivity contribution in [3.63, 3.8) is 0 Å². The molecular formula is C14H19N3O2S2. The normalized spacial score (nSPS) is 13.1. The van der Waals surface area contributed by atoms with Gasteiger partial charge in [0.05, 0.1) is 4.90 Å². The molecule has 114 valence electrons. The Kier molecular flexibility index (Phi) is 4.97. The Balaban J connectivity index is 2.25. The minimum absolute atomic E-state index is 0.104. The van der Waals surface area contributed by atoms with Crippen LogP contribution in [0.15, 0.2) is 35.4 Å². The first-order valence-corrected chi connectivity index (χ1v) is 9.01. The minimum atomic E-state index is -3.60. The predicted molar refractivity (Wildman–Crippen MR) is 86.2 cm³/mol. The molecule has 0 saturated carbocycles. The number of aryl methyl sites for hydroxylation is 1. The Labute approximate surface area is 129 Å². The Morgan fingerprint density at radius 1 is 1.38 bits per heavy atom. The summed E-state index contributed by atoms with van der Waals surface area (Å²) < 4.78 is 27.3. The maximum absolute atomic E-state index is 12.4. The number of thiazole rings is 1. The maximum Gasteiger partial charge on any atom is 0.263 e. The van der Waals surface area contributed by atoms with E-state index in [1.54, 1.807) is 24.4 Å². The molecule has 1 atom stereocenters. The zero-order chi connectivity index (χ0) is 15.5. The van der Waals surface area contributed by atoms with Gasteiger partial charge in [-0.05, 0) is 38.1 Å². The van der Waals surface area contributed by atoms with E-state index in [4.69, 9.17) is 0 Å². The summed E-state index contributed by atoms with van der Waals surface area (Å²) in [5, 5.41) is 3.65. The van der Waals surface area contributed by atoms with Crippen LogP contribution >= 0.6 is 11.3 Å². The fourth-order valence-electron chi connectivity index (χ4n) is 1.95. The van der Waals surface area contributed by atoms with Gasteiger partial charge < -0.3 is 5.32 Å². The van der Waals surface area contributed by atoms with Crippen LogP contribution < -0.4 is 10.0 Å². The van der Waals surface area contributed by atoms with Crippen molar-refractivity contribution < 1.29 is 8.42 Å². The van der Waals surface area contributed by atoms with Crippen LogP contribution in [0.5, 0.6) is 0 Å². The van der Waals surface area contributed by atoms with Gasteiger partial charge in [0, 0.05) is 17.1 Å². The number of anilines is 1. The van der Waals surface area contributed by atoms with E-state index < -0.39 is 10.0 Å². The smallest absolute Gasteiger partial charge is 0.263 e. The second-order valence-corrected chi connectivity index (χ2v) is 7.65. The van der Waals surface area contributed by atoms with Crippen LogP contribution in [0.3, 0.4) is 0 Å². The molecule has 0 spiro atoms. The molecule has 1 aromatic heterocycles. The van der Waals surface area contributed by atoms with E-state index in [0.717, 1.165) is 17.0 Å². The average molecular weight is 325 g/mol. The monoisotopic (exact) mass is 325 g/mol. The van der Waals surface area contributed by atoms with E-state index in [9.17, 15) is 8.42 Å². The third-order valence-corrected chi connectivity index (χ3v) is 5.32. The van der Waals surface area contributed by atoms with E-state index in [1.165, 1.54) is 11.3 Å². The van der Waals surface area contributed by atoms with Crippen LogP contribution in [0.25, 0.3) is 0 Å². The summed E-state index contributed by atoms with van der Waals surface area (Å²) in [6, 6.07) is 7.05. The standard InChI is InChI=1S/C14H19N3O2S2/c1-4-15-11(3)12-6-5-7-13(8-12)21(18,19)17-14-16-9-10(2)20-14/h5-9,11,15H,4H2,1-3H3,(H,16,17). The lowest BCUT2D eigenvalue weighted by molar-refractivity contribution is 0.592. The fraction of sp³-hybridized carbons (Fsp3) is 0.357. The van der Waals surface area contributed by atoms with Crippen molar-refractivity contribution in [1.82, 2.24) is 10.3 Å². The van der Waals surface area contributed by atoms with Crippen molar-refractivity contribution in [2.24, 2.45) is 0 Å². The highest BCUT2D eigenvalue weighted by Crippen LogP contribution is 2.22. The number of sulfonamides is 1. The molecule has 2 aromatic rings. The van der Waals surface area contributed by atoms with Crippen LogP contribution in [-0.2, 0) is 10.0 Å². The van der Waals surface area contributed by atoms with Crippen LogP contribution in [0.4, 0.5) is 5.13 Å². The number of aromatic nitrogens is 1. The van der Waals surface area contributed by atoms with E-state index in [0.29, 0.717) is 5.13 Å². The summed E-state index contributed by atoms with van der Waals surface area (Å²) in [4.78, 5) is 5.24. The van der Waals surface area contributed by atoms with Gasteiger partial charge in [0.1, 0.15) is 0 Å². The molecule has 0 aliphatic heterocycles. The minimum Gasteiger partial charge on any atom is -0.310 e. The number of hydrogen-bond donors (Lipinski definition) is 2. The summed E-state index contributed by atoms with van der Waals surface area (Å²) in [6.45, 7) is 6.74. The third kappa shape index (κ3) is 4.03. The zero-order valence-electron chi connectivity index (χ0n) is 12.3. The molecule has 1 unspecified atom stereocenters. The van der Waals surface area contributed by atoms with Crippen molar-refractivity contribution in [3.05, 3.63) is 40.9 Å². The van der Waals surface area contributed by atoms with Crippen LogP contribution in [-0.4, -0.2) is 19.9 Å². The molecular weight excluding hydrogens is 306 g/mol. The van der Waals surface area contributed by atoms with E-state index >= 15 is 0 Å². The highest BCUT2D eigenvalue weighted by Gasteiger charge is 2.17. The summed E-state index contributed by atoms with van der Waals surface area (Å²) in [5.74, 6) is 0. The molecule has 0 aliphatic carbocycles. The zero-order valence-corrected chi connectivity index (χ0v) is 13.9. The van der Waals surface area contributed by atoms with Gasteiger partial charge in [0.15, 0.2) is 5.13 Å². The lowest BCUT2D eigenvalue weighted by Gasteiger charge is -2.14. The number of benzene rings is 1. The number of rotatable bonds is 6. The predicted octanol–water partition coefficient (Wildman–Crippen LogP) is 2.92. The highest BCUT2D eigenvalue weighted by molar-refractivity contribution is 7.93. The molecule has 1 aromatic carbocycles. The molecule has 0 saturated heterocycles. The first-order chi connectivity index (χ1) is 9.92. The van der Waals surface area contributed by atoms with Crippen molar-refractivity contribution in [1.29, 1.82) is 0 Å². The summed E-state index contributed by atoms with van der Waals surface area (Å²) in [6.07, 6.45) is 1.65. The van der Waals surface area contributed by atoms with Gasteiger partial charge in [0.25, 0.3) is 10.0 Å². The summed E-state index contributed by atoms with van der Waals surface area (Å²) in [5.41, 5.74) is 0.940. The molecule has 0 radical (unpaired) electrons. The van der Waals surface area contributed by atoms with Crippen molar-refractivity contribution in [3.8, 4) is 0 Å². The number of nitrogens with one attached hydrogen (secondary N) is 2. The average Bonchev–Trinajstić information content (AvgIpc) is 2.84. The second-order valence-electron chi connectivity index (χ2n) is 4.73. The van der Waals surface area contributed by atoms with Crippen LogP contribution in [0.2, 0.25) is 0 Å². The van der Waals surface area contributed by atoms with E-state index in [2.05, 4.69) is 15.0 Å². The van der Waals surface area contributed by atoms with Gasteiger partial charge in [-0.2, -0.15) is 0 Å². The van der Waals surface area contributed by atoms with Gasteiger partial charge in [-0.3, -0.25) is 4.72 Å². The van der Waals surface area contributed by atoms with Crippen molar-refractivity contribution in [2.75, 3.05) is 11.3 Å². The quantitative estimate of drug-likeness (QED) is 0.856. The molecule has 0 aliphatic rings. The van der Waals surface area contributed by atoms with E-state index in [1.807, 2.05) is 26.8 Å². The number of nitrogens with zero attached hydrogens (tertiary/aromatic N) is 1. The van der Waals surface area contributed by atoms with Gasteiger partial charge in [-0.25, -0.2) is 13.4 Å². The molecule has 5 nitrogen and oxygen atoms in total. The molecule has 7 heteroatoms. The summed E-state index contributed by atoms with van der Waals surface area (Å²) in [7, 11) is -3.60. The maximum atomic E-state index is 12.4. The fourth-order valence-corrected chi connectivity index (χ4v) is 3.91. The Morgan fingerprint density at radius 3 is 2.76 bits per heavy atom. The van der Waals surface area contributed by atoms with Gasteiger partial charge >= 0.3 is 0 Å². The molecule has 1 heterocycles. The second kappa shape index (κ2) is 6.55. The SMILES string of the molecule is CCNC(C)c1cccc(S(=O)(=O)Nc2ncc(C)s2)c1. The first-order valence-electron chi connectivity index (χ1n) is 6.71. The molecule has 2 rings (SSSR count). The molecule has 0 fully saturated rings. The van der Waals surface area contributed by atoms with Gasteiger partial charge in [-0.15, -0.1) is 11.3 Å². The molecule has 21 heavy (non-hydrogen) atoms. The first kappa shape index (κ1) is 15.9. The largest absolute Gasteiger partial charge is 0.310 e. The van der Waals surface area contributed by atoms with Crippen molar-refractivity contribution >= 4 is 26.5 Å². The topological polar surface area (TPSA) is 71.1 Å². The highest BCUT2D eigenvalue weighted by atomic mass is 32.2. The Bertz CT molecular complexity index is 711. The molecule has 0 bridgehead atoms. The lowest BCUT2D eigenvalue weighted by atomic mass is 10.1. The molecule has 0 amide bonds. The van der Waals surface area contributed by atoms with Crippen LogP contribution in [0.1, 0.15) is 30.3 Å². The van der Waals surface area contributed by atoms with Crippen LogP contribution in [0, 0.1) is 6.92 Å². The number of hydrogen-bond acceptors (Lipinski definition) is 5. The van der Waals surface area contributed by atoms with Crippen molar-refractivity contribution in [2.45, 2.75) is 31.7 Å². The lowest BCUT2D eigenvalue weighted by Crippen LogP contribution is -2.18. The Morgan fingerprint density at radius 2 is 2.14 bits per heavy atom. The summed E-state index contributed by atoms with van der Waals surface area (Å²) >= 11 is 1.31. The third-order valence-electron chi connectivity index (χ3n) is 3.02. The molecule has 2 N–H and O–H groups in total. The Hall–Kier alpha value is -1.44. The van der Waals surface area contributed by atoms with Gasteiger partial charge in [-0.1, -0.05) is 19.1 Å². The van der Waals surface area contributed by atoms with Gasteiger partial charge in [0.2, 0.25) is 0 Å².